The van der Waals surface area contributed by atoms with Gasteiger partial charge < -0.3 is 94.9 Å². The summed E-state index contributed by atoms with van der Waals surface area (Å²) in [6.45, 7) is 47.1. The van der Waals surface area contributed by atoms with Gasteiger partial charge in [-0.05, 0) is 169 Å². The fraction of sp³-hybridized carbons (Fsp3) is 0.917. The lowest BCUT2D eigenvalue weighted by molar-refractivity contribution is -0.141. The second-order valence-electron chi connectivity index (χ2n) is 26.9. The lowest BCUT2D eigenvalue weighted by Crippen LogP contribution is -2.54. The second-order valence-corrected chi connectivity index (χ2v) is 54.0. The number of aliphatic hydroxyl groups is 5. The van der Waals surface area contributed by atoms with Gasteiger partial charge in [0.15, 0.2) is 25.7 Å². The highest BCUT2D eigenvalue weighted by atomic mass is 28.5. The first-order valence-corrected chi connectivity index (χ1v) is 54.1. The molecule has 22 nitrogen and oxygen atoms in total. The summed E-state index contributed by atoms with van der Waals surface area (Å²) in [5.74, 6) is -0.889. The molecule has 0 saturated heterocycles. The molecule has 0 aromatic heterocycles. The zero-order valence-corrected chi connectivity index (χ0v) is 67.9. The maximum absolute atomic E-state index is 11.3. The van der Waals surface area contributed by atoms with Crippen LogP contribution in [0.2, 0.25) is 97.2 Å². The molecule has 29 heteroatoms. The smallest absolute Gasteiger partial charge is 0.333 e. The number of ether oxygens (including phenoxy) is 8. The van der Waals surface area contributed by atoms with Crippen molar-refractivity contribution >= 4 is 71.4 Å². The Kier molecular flexibility index (Phi) is 99.4. The van der Waals surface area contributed by atoms with Crippen molar-refractivity contribution in [1.82, 2.24) is 10.6 Å². The Balaban J connectivity index is -0.000000124. The molecule has 0 saturated carbocycles. The fourth-order valence-corrected chi connectivity index (χ4v) is 37.4. The molecule has 5 unspecified atom stereocenters. The molecule has 0 aliphatic carbocycles. The molecule has 101 heavy (non-hydrogen) atoms. The maximum atomic E-state index is 11.3. The third kappa shape index (κ3) is 88.0. The van der Waals surface area contributed by atoms with E-state index < -0.39 is 95.8 Å². The zero-order chi connectivity index (χ0) is 69.8. The van der Waals surface area contributed by atoms with Gasteiger partial charge in [-0.1, -0.05) is 146 Å². The summed E-state index contributed by atoms with van der Waals surface area (Å²) in [7, 11) is -10.9. The fourth-order valence-electron chi connectivity index (χ4n) is 9.56. The van der Waals surface area contributed by atoms with Gasteiger partial charge in [0.2, 0.25) is 16.6 Å². The zero-order valence-electron chi connectivity index (χ0n) is 60.7. The SMILES string of the molecule is C.C.C.C.C.C.C.C.C.C.C=C(C)C(=O)OCCOCC(O)COCCCCC[Si](C)(C)O[Si](C)(C)O[Si](C)(C)COCC(O)CCCCCNCC.C=C(C)C(=O)OCCOCC(O)COCCCCC[Si](C)(C)O[Si](C)(C)O[Si](C)(C)COCC(O)CCCCCNC[SiH](C)OC.CO. The molecule has 0 aliphatic heterocycles. The van der Waals surface area contributed by atoms with Crippen LogP contribution in [0.25, 0.3) is 0 Å². The summed E-state index contributed by atoms with van der Waals surface area (Å²) < 4.78 is 75.5. The van der Waals surface area contributed by atoms with Crippen LogP contribution < -0.4 is 10.6 Å². The van der Waals surface area contributed by atoms with Gasteiger partial charge in [-0.25, -0.2) is 9.59 Å². The molecule has 0 fully saturated rings. The first kappa shape index (κ1) is 130. The number of carbonyl (C=O) groups is 2. The largest absolute Gasteiger partial charge is 0.460 e. The van der Waals surface area contributed by atoms with Crippen LogP contribution in [-0.2, 0) is 68.4 Å². The van der Waals surface area contributed by atoms with E-state index in [1.165, 1.54) is 0 Å². The Bertz CT molecular complexity index is 1800. The minimum atomic E-state index is -2.34. The van der Waals surface area contributed by atoms with E-state index in [2.05, 4.69) is 116 Å². The van der Waals surface area contributed by atoms with E-state index in [1.807, 2.05) is 0 Å². The molecular weight excluding hydrogens is 1410 g/mol. The van der Waals surface area contributed by atoms with E-state index in [0.717, 1.165) is 135 Å². The molecule has 0 aromatic carbocycles. The van der Waals surface area contributed by atoms with Crippen LogP contribution in [-0.4, -0.2) is 253 Å². The van der Waals surface area contributed by atoms with E-state index >= 15 is 0 Å². The van der Waals surface area contributed by atoms with Gasteiger partial charge in [-0.2, -0.15) is 0 Å². The standard InChI is InChI=1S/C31H69NO10Si4.C30H65NO9Si3.CH4O.10CH4/c1-28(2)31(35)40-21-20-38-25-30(34)24-37-19-15-12-16-22-44(5,6)41-46(9,10)42-45(7,8)27-39-23-29(33)17-13-11-14-18-32-26-43(4)36-3;1-10-31-18-14-11-13-17-28(32)23-37-26-42(6,7)40-43(8,9)39-41(4,5)22-16-12-15-19-35-24-29(33)25-36-20-21-38-30(34)27(2)3;1-2;;;;;;;;;;/h29-30,32-34,43H,1,11-27H2,2-10H3;28-29,31-33H,2,10-26H2,1,3-9H3;2H,1H3;10*1H4. The Hall–Kier alpha value is -0.782. The lowest BCUT2D eigenvalue weighted by atomic mass is 10.1. The Morgan fingerprint density at radius 1 is 0.406 bits per heavy atom. The Morgan fingerprint density at radius 3 is 1.02 bits per heavy atom. The Labute approximate surface area is 635 Å². The van der Waals surface area contributed by atoms with Gasteiger partial charge >= 0.3 is 29.1 Å². The van der Waals surface area contributed by atoms with E-state index in [0.29, 0.717) is 50.0 Å². The minimum absolute atomic E-state index is 0. The van der Waals surface area contributed by atoms with Crippen LogP contribution in [0.4, 0.5) is 0 Å². The summed E-state index contributed by atoms with van der Waals surface area (Å²) in [6, 6.07) is 2.10. The number of aliphatic hydroxyl groups excluding tert-OH is 5. The molecule has 0 aromatic rings. The van der Waals surface area contributed by atoms with Crippen LogP contribution in [0, 0.1) is 0 Å². The normalized spacial score (nSPS) is 12.7. The quantitative estimate of drug-likeness (QED) is 0.0129. The van der Waals surface area contributed by atoms with Crippen molar-refractivity contribution in [3.63, 3.8) is 0 Å². The number of hydrogen-bond donors (Lipinski definition) is 7. The Morgan fingerprint density at radius 2 is 0.703 bits per heavy atom. The van der Waals surface area contributed by atoms with Gasteiger partial charge in [0.1, 0.15) is 25.4 Å². The molecule has 5 atom stereocenters. The molecule has 0 rings (SSSR count). The van der Waals surface area contributed by atoms with Crippen molar-refractivity contribution in [2.24, 2.45) is 0 Å². The molecule has 0 radical (unpaired) electrons. The van der Waals surface area contributed by atoms with Crippen molar-refractivity contribution < 1.29 is 93.9 Å². The summed E-state index contributed by atoms with van der Waals surface area (Å²) in [6.07, 6.45) is 13.9. The second kappa shape index (κ2) is 77.4. The van der Waals surface area contributed by atoms with Crippen molar-refractivity contribution in [2.45, 2.75) is 307 Å². The number of hydrogen-bond acceptors (Lipinski definition) is 22. The van der Waals surface area contributed by atoms with Crippen LogP contribution in [0.1, 0.15) is 185 Å². The van der Waals surface area contributed by atoms with Crippen molar-refractivity contribution in [1.29, 1.82) is 0 Å². The molecule has 0 aliphatic rings. The third-order valence-electron chi connectivity index (χ3n) is 13.5. The highest BCUT2D eigenvalue weighted by molar-refractivity contribution is 6.88. The number of esters is 2. The van der Waals surface area contributed by atoms with Crippen molar-refractivity contribution in [3.05, 3.63) is 24.3 Å². The summed E-state index contributed by atoms with van der Waals surface area (Å²) in [5, 5.41) is 54.4. The molecule has 0 heterocycles. The van der Waals surface area contributed by atoms with Crippen LogP contribution in [0.3, 0.4) is 0 Å². The lowest BCUT2D eigenvalue weighted by Gasteiger charge is -2.38. The summed E-state index contributed by atoms with van der Waals surface area (Å²) in [5.41, 5.74) is 0.692. The predicted octanol–water partition coefficient (Wildman–Crippen LogP) is 15.3. The molecule has 0 spiro atoms. The van der Waals surface area contributed by atoms with E-state index in [4.69, 9.17) is 63.9 Å². The molecule has 624 valence electrons. The van der Waals surface area contributed by atoms with Crippen molar-refractivity contribution in [3.8, 4) is 0 Å². The maximum Gasteiger partial charge on any atom is 0.333 e. The molecular formula is C72H178N2O20Si7. The number of rotatable bonds is 60. The molecule has 7 N–H and O–H groups in total. The summed E-state index contributed by atoms with van der Waals surface area (Å²) >= 11 is 0. The van der Waals surface area contributed by atoms with Gasteiger partial charge in [0.25, 0.3) is 0 Å². The average Bonchev–Trinajstić information content (AvgIpc) is 0.847. The van der Waals surface area contributed by atoms with Crippen LogP contribution in [0.5, 0.6) is 0 Å². The first-order valence-electron chi connectivity index (χ1n) is 33.6. The minimum Gasteiger partial charge on any atom is -0.460 e. The first-order chi connectivity index (χ1) is 42.6. The molecule has 0 amide bonds. The highest BCUT2D eigenvalue weighted by Crippen LogP contribution is 2.27. The van der Waals surface area contributed by atoms with Crippen LogP contribution in [0.15, 0.2) is 24.3 Å². The van der Waals surface area contributed by atoms with Gasteiger partial charge in [-0.15, -0.1) is 0 Å². The molecule has 0 bridgehead atoms. The monoisotopic (exact) mass is 1590 g/mol. The van der Waals surface area contributed by atoms with E-state index in [1.54, 1.807) is 21.0 Å². The van der Waals surface area contributed by atoms with Gasteiger partial charge in [0.05, 0.1) is 77.5 Å². The van der Waals surface area contributed by atoms with Crippen LogP contribution >= 0.6 is 0 Å². The van der Waals surface area contributed by atoms with E-state index in [9.17, 15) is 30.0 Å². The predicted molar refractivity (Wildman–Crippen MR) is 451 cm³/mol. The third-order valence-corrected chi connectivity index (χ3v) is 36.8. The van der Waals surface area contributed by atoms with E-state index in [-0.39, 0.29) is 127 Å². The summed E-state index contributed by atoms with van der Waals surface area (Å²) in [4.78, 5) is 22.6. The number of nitrogens with one attached hydrogen (secondary N) is 2. The topological polar surface area (TPSA) is 279 Å². The van der Waals surface area contributed by atoms with Gasteiger partial charge in [-0.3, -0.25) is 0 Å². The number of carbonyl (C=O) groups excluding carboxylic acids is 2. The number of unbranched alkanes of at least 4 members (excludes halogenated alkanes) is 8. The van der Waals surface area contributed by atoms with Crippen molar-refractivity contribution in [2.75, 3.05) is 132 Å². The highest BCUT2D eigenvalue weighted by Gasteiger charge is 2.41. The average molecular weight is 1590 g/mol. The van der Waals surface area contributed by atoms with Gasteiger partial charge in [0, 0.05) is 44.7 Å².